The zero-order valence-electron chi connectivity index (χ0n) is 10.6. The maximum atomic E-state index is 12.6. The van der Waals surface area contributed by atoms with Crippen molar-refractivity contribution in [1.29, 1.82) is 0 Å². The van der Waals surface area contributed by atoms with Crippen LogP contribution in [0.2, 0.25) is 0 Å². The highest BCUT2D eigenvalue weighted by atomic mass is 31.2. The van der Waals surface area contributed by atoms with E-state index in [0.29, 0.717) is 5.30 Å². The van der Waals surface area contributed by atoms with Crippen molar-refractivity contribution >= 4 is 18.6 Å². The summed E-state index contributed by atoms with van der Waals surface area (Å²) < 4.78 is 23.0. The third kappa shape index (κ3) is 3.04. The number of benzene rings is 2. The summed E-state index contributed by atoms with van der Waals surface area (Å²) in [6.07, 6.45) is 0. The standard InChI is InChI=1S/C13H12NO5P/c1-18-20(17,13-5-3-2-4-6-13)19-12-9-7-11(8-10-12)14(15)16/h2-10H,1H3. The van der Waals surface area contributed by atoms with Crippen molar-refractivity contribution in [1.82, 2.24) is 0 Å². The number of nitro groups is 1. The van der Waals surface area contributed by atoms with Crippen LogP contribution in [0, 0.1) is 10.1 Å². The van der Waals surface area contributed by atoms with E-state index in [0.717, 1.165) is 0 Å². The number of rotatable bonds is 5. The lowest BCUT2D eigenvalue weighted by atomic mass is 10.3. The first-order valence-electron chi connectivity index (χ1n) is 5.70. The maximum absolute atomic E-state index is 12.6. The van der Waals surface area contributed by atoms with Crippen molar-refractivity contribution in [2.24, 2.45) is 0 Å². The molecule has 6 nitrogen and oxygen atoms in total. The molecule has 0 spiro atoms. The van der Waals surface area contributed by atoms with Gasteiger partial charge < -0.3 is 4.52 Å². The van der Waals surface area contributed by atoms with Crippen LogP contribution in [0.15, 0.2) is 54.6 Å². The molecule has 1 atom stereocenters. The number of nitrogens with zero attached hydrogens (tertiary/aromatic N) is 1. The van der Waals surface area contributed by atoms with Crippen LogP contribution in [0.3, 0.4) is 0 Å². The molecular weight excluding hydrogens is 281 g/mol. The Morgan fingerprint density at radius 3 is 2.15 bits per heavy atom. The van der Waals surface area contributed by atoms with Gasteiger partial charge in [-0.3, -0.25) is 14.6 Å². The molecule has 0 saturated heterocycles. The summed E-state index contributed by atoms with van der Waals surface area (Å²) >= 11 is 0. The maximum Gasteiger partial charge on any atom is 0.410 e. The molecule has 2 rings (SSSR count). The van der Waals surface area contributed by atoms with Crippen LogP contribution >= 0.6 is 7.60 Å². The average Bonchev–Trinajstić information content (AvgIpc) is 2.48. The lowest BCUT2D eigenvalue weighted by molar-refractivity contribution is -0.384. The highest BCUT2D eigenvalue weighted by Crippen LogP contribution is 2.46. The first-order valence-corrected chi connectivity index (χ1v) is 7.25. The van der Waals surface area contributed by atoms with Crippen LogP contribution in [0.5, 0.6) is 5.75 Å². The van der Waals surface area contributed by atoms with Crippen LogP contribution < -0.4 is 9.83 Å². The monoisotopic (exact) mass is 293 g/mol. The molecular formula is C13H12NO5P. The average molecular weight is 293 g/mol. The van der Waals surface area contributed by atoms with Gasteiger partial charge in [-0.2, -0.15) is 0 Å². The second kappa shape index (κ2) is 5.86. The van der Waals surface area contributed by atoms with Crippen molar-refractivity contribution in [2.45, 2.75) is 0 Å². The summed E-state index contributed by atoms with van der Waals surface area (Å²) in [5, 5.41) is 11.0. The van der Waals surface area contributed by atoms with Gasteiger partial charge in [-0.25, -0.2) is 4.57 Å². The van der Waals surface area contributed by atoms with Crippen molar-refractivity contribution in [3.05, 3.63) is 64.7 Å². The van der Waals surface area contributed by atoms with Gasteiger partial charge in [-0.15, -0.1) is 0 Å². The molecule has 0 aliphatic rings. The smallest absolute Gasteiger partial charge is 0.410 e. The van der Waals surface area contributed by atoms with Gasteiger partial charge in [-0.05, 0) is 24.3 Å². The summed E-state index contributed by atoms with van der Waals surface area (Å²) in [5.74, 6) is 0.240. The third-order valence-electron chi connectivity index (χ3n) is 2.59. The van der Waals surface area contributed by atoms with Gasteiger partial charge >= 0.3 is 7.60 Å². The summed E-state index contributed by atoms with van der Waals surface area (Å²) in [5.41, 5.74) is -0.0655. The number of hydrogen-bond acceptors (Lipinski definition) is 5. The van der Waals surface area contributed by atoms with Gasteiger partial charge in [0.2, 0.25) is 0 Å². The fraction of sp³-hybridized carbons (Fsp3) is 0.0769. The molecule has 1 unspecified atom stereocenters. The molecule has 0 amide bonds. The normalized spacial score (nSPS) is 13.4. The fourth-order valence-electron chi connectivity index (χ4n) is 1.57. The lowest BCUT2D eigenvalue weighted by Crippen LogP contribution is -2.10. The minimum Gasteiger partial charge on any atom is -0.421 e. The summed E-state index contributed by atoms with van der Waals surface area (Å²) in [4.78, 5) is 10.0. The van der Waals surface area contributed by atoms with Gasteiger partial charge in [0.15, 0.2) is 0 Å². The summed E-state index contributed by atoms with van der Waals surface area (Å²) in [6.45, 7) is 0. The molecule has 20 heavy (non-hydrogen) atoms. The molecule has 0 radical (unpaired) electrons. The quantitative estimate of drug-likeness (QED) is 0.480. The van der Waals surface area contributed by atoms with E-state index in [9.17, 15) is 14.7 Å². The van der Waals surface area contributed by atoms with E-state index in [1.165, 1.54) is 31.4 Å². The Morgan fingerprint density at radius 2 is 1.65 bits per heavy atom. The van der Waals surface area contributed by atoms with E-state index in [-0.39, 0.29) is 11.4 Å². The van der Waals surface area contributed by atoms with E-state index < -0.39 is 12.5 Å². The van der Waals surface area contributed by atoms with Gasteiger partial charge in [-0.1, -0.05) is 18.2 Å². The summed E-state index contributed by atoms with van der Waals surface area (Å²) in [6, 6.07) is 13.8. The molecule has 0 N–H and O–H groups in total. The minimum atomic E-state index is -3.48. The molecule has 2 aromatic carbocycles. The van der Waals surface area contributed by atoms with Gasteiger partial charge in [0.1, 0.15) is 5.75 Å². The van der Waals surface area contributed by atoms with E-state index in [1.54, 1.807) is 30.3 Å². The third-order valence-corrected chi connectivity index (χ3v) is 4.45. The second-order valence-electron chi connectivity index (χ2n) is 3.86. The molecule has 0 aliphatic heterocycles. The molecule has 0 aromatic heterocycles. The Kier molecular flexibility index (Phi) is 4.17. The number of non-ortho nitro benzene ring substituents is 1. The largest absolute Gasteiger partial charge is 0.421 e. The van der Waals surface area contributed by atoms with Crippen LogP contribution in [-0.4, -0.2) is 12.0 Å². The van der Waals surface area contributed by atoms with Gasteiger partial charge in [0, 0.05) is 19.2 Å². The fourth-order valence-corrected chi connectivity index (χ4v) is 2.90. The van der Waals surface area contributed by atoms with E-state index >= 15 is 0 Å². The SMILES string of the molecule is COP(=O)(Oc1ccc([N+](=O)[O-])cc1)c1ccccc1. The van der Waals surface area contributed by atoms with E-state index in [4.69, 9.17) is 9.05 Å². The zero-order chi connectivity index (χ0) is 14.6. The van der Waals surface area contributed by atoms with Crippen molar-refractivity contribution in [3.8, 4) is 5.75 Å². The molecule has 7 heteroatoms. The van der Waals surface area contributed by atoms with Crippen LogP contribution in [0.4, 0.5) is 5.69 Å². The highest BCUT2D eigenvalue weighted by Gasteiger charge is 2.27. The van der Waals surface area contributed by atoms with Crippen LogP contribution in [0.1, 0.15) is 0 Å². The molecule has 0 fully saturated rings. The van der Waals surface area contributed by atoms with E-state index in [1.807, 2.05) is 0 Å². The Labute approximate surface area is 115 Å². The predicted molar refractivity (Wildman–Crippen MR) is 74.4 cm³/mol. The molecule has 0 aliphatic carbocycles. The van der Waals surface area contributed by atoms with E-state index in [2.05, 4.69) is 0 Å². The highest BCUT2D eigenvalue weighted by molar-refractivity contribution is 7.62. The molecule has 104 valence electrons. The Bertz CT molecular complexity index is 642. The summed E-state index contributed by atoms with van der Waals surface area (Å²) in [7, 11) is -2.19. The van der Waals surface area contributed by atoms with Crippen LogP contribution in [-0.2, 0) is 9.09 Å². The van der Waals surface area contributed by atoms with Gasteiger partial charge in [0.05, 0.1) is 10.2 Å². The first-order chi connectivity index (χ1) is 9.55. The Hall–Kier alpha value is -2.17. The molecule has 2 aromatic rings. The Balaban J connectivity index is 2.26. The second-order valence-corrected chi connectivity index (χ2v) is 5.92. The van der Waals surface area contributed by atoms with Crippen molar-refractivity contribution < 1.29 is 18.5 Å². The minimum absolute atomic E-state index is 0.0655. The van der Waals surface area contributed by atoms with Crippen LogP contribution in [0.25, 0.3) is 0 Å². The zero-order valence-corrected chi connectivity index (χ0v) is 11.5. The predicted octanol–water partition coefficient (Wildman–Crippen LogP) is 3.14. The molecule has 0 bridgehead atoms. The molecule has 0 saturated carbocycles. The first kappa shape index (κ1) is 14.2. The number of nitro benzene ring substituents is 1. The van der Waals surface area contributed by atoms with Crippen molar-refractivity contribution in [3.63, 3.8) is 0 Å². The number of hydrogen-bond donors (Lipinski definition) is 0. The van der Waals surface area contributed by atoms with Crippen molar-refractivity contribution in [2.75, 3.05) is 7.11 Å². The Morgan fingerprint density at radius 1 is 1.05 bits per heavy atom. The lowest BCUT2D eigenvalue weighted by Gasteiger charge is -2.17. The van der Waals surface area contributed by atoms with Gasteiger partial charge in [0.25, 0.3) is 5.69 Å². The molecule has 0 heterocycles. The topological polar surface area (TPSA) is 78.7 Å².